The van der Waals surface area contributed by atoms with E-state index in [4.69, 9.17) is 4.74 Å². The van der Waals surface area contributed by atoms with Crippen molar-refractivity contribution >= 4 is 40.9 Å². The van der Waals surface area contributed by atoms with Crippen LogP contribution in [0.25, 0.3) is 0 Å². The molecule has 3 aliphatic rings. The number of fused-ring (bicyclic) bond motifs is 1. The van der Waals surface area contributed by atoms with Crippen LogP contribution in [0.4, 0.5) is 11.4 Å². The maximum atomic E-state index is 14.7. The molecule has 236 valence electrons. The lowest BCUT2D eigenvalue weighted by molar-refractivity contribution is -0.141. The molecule has 0 aromatic heterocycles. The lowest BCUT2D eigenvalue weighted by atomic mass is 9.66. The van der Waals surface area contributed by atoms with Crippen LogP contribution in [0.15, 0.2) is 72.8 Å². The quantitative estimate of drug-likeness (QED) is 0.279. The van der Waals surface area contributed by atoms with Crippen molar-refractivity contribution in [2.75, 3.05) is 23.8 Å². The Morgan fingerprint density at radius 2 is 1.67 bits per heavy atom. The van der Waals surface area contributed by atoms with Gasteiger partial charge in [-0.1, -0.05) is 48.5 Å². The zero-order valence-electron chi connectivity index (χ0n) is 26.2. The average molecular weight is 628 g/mol. The lowest BCUT2D eigenvalue weighted by Crippen LogP contribution is -2.55. The first-order valence-electron chi connectivity index (χ1n) is 15.7. The minimum absolute atomic E-state index is 0.228. The molecule has 0 radical (unpaired) electrons. The standard InChI is InChI=1S/C36H41N3O5S/c1-5-44-27-16-14-25(15-17-27)37-32(41)28-29-34(43)39(26(21-40)20-24-12-7-6-8-13-24)31(36(29)19-18-35(28,4)45-36)33(42)38-30-22(2)10-9-11-23(30)3/h6-17,26,28-29,31,40H,5,18-21H2,1-4H3,(H,37,41)(H,38,42)/t26-,28-,29+,31?,35+,36?/m1/s1. The molecular weight excluding hydrogens is 586 g/mol. The maximum Gasteiger partial charge on any atom is 0.248 e. The third-order valence-corrected chi connectivity index (χ3v) is 11.8. The highest BCUT2D eigenvalue weighted by atomic mass is 32.2. The molecule has 9 heteroatoms. The Kier molecular flexibility index (Phi) is 8.43. The van der Waals surface area contributed by atoms with Crippen molar-refractivity contribution in [2.24, 2.45) is 11.8 Å². The third kappa shape index (κ3) is 5.40. The molecule has 3 saturated heterocycles. The summed E-state index contributed by atoms with van der Waals surface area (Å²) in [6.07, 6.45) is 1.72. The Bertz CT molecular complexity index is 1580. The van der Waals surface area contributed by atoms with E-state index in [1.54, 1.807) is 28.8 Å². The van der Waals surface area contributed by atoms with Crippen LogP contribution < -0.4 is 15.4 Å². The summed E-state index contributed by atoms with van der Waals surface area (Å²) in [6, 6.07) is 21.3. The van der Waals surface area contributed by atoms with Gasteiger partial charge in [0.2, 0.25) is 17.7 Å². The average Bonchev–Trinajstić information content (AvgIpc) is 3.60. The van der Waals surface area contributed by atoms with Gasteiger partial charge in [0.05, 0.1) is 35.8 Å². The number of aliphatic hydroxyl groups excluding tert-OH is 1. The van der Waals surface area contributed by atoms with Crippen LogP contribution in [0.2, 0.25) is 0 Å². The maximum absolute atomic E-state index is 14.7. The predicted molar refractivity (Wildman–Crippen MR) is 177 cm³/mol. The molecule has 8 nitrogen and oxygen atoms in total. The fourth-order valence-electron chi connectivity index (χ4n) is 7.82. The van der Waals surface area contributed by atoms with Gasteiger partial charge in [-0.2, -0.15) is 0 Å². The van der Waals surface area contributed by atoms with Gasteiger partial charge in [0, 0.05) is 16.1 Å². The molecule has 2 bridgehead atoms. The Balaban J connectivity index is 1.38. The van der Waals surface area contributed by atoms with Gasteiger partial charge >= 0.3 is 0 Å². The number of likely N-dealkylation sites (tertiary alicyclic amines) is 1. The van der Waals surface area contributed by atoms with E-state index in [0.29, 0.717) is 37.3 Å². The van der Waals surface area contributed by atoms with Crippen LogP contribution in [0.3, 0.4) is 0 Å². The Morgan fingerprint density at radius 1 is 0.978 bits per heavy atom. The second-order valence-electron chi connectivity index (χ2n) is 12.7. The first-order chi connectivity index (χ1) is 21.6. The zero-order valence-corrected chi connectivity index (χ0v) is 27.0. The smallest absolute Gasteiger partial charge is 0.248 e. The van der Waals surface area contributed by atoms with Crippen LogP contribution in [-0.2, 0) is 20.8 Å². The Labute approximate surface area is 268 Å². The highest BCUT2D eigenvalue weighted by molar-refractivity contribution is 8.02. The number of aryl methyl sites for hydroxylation is 2. The largest absolute Gasteiger partial charge is 0.494 e. The van der Waals surface area contributed by atoms with Crippen molar-refractivity contribution in [1.29, 1.82) is 0 Å². The van der Waals surface area contributed by atoms with Crippen LogP contribution in [0.5, 0.6) is 5.75 Å². The molecule has 6 atom stereocenters. The number of carbonyl (C=O) groups is 3. The van der Waals surface area contributed by atoms with E-state index >= 15 is 0 Å². The predicted octanol–water partition coefficient (Wildman–Crippen LogP) is 5.36. The molecule has 0 saturated carbocycles. The summed E-state index contributed by atoms with van der Waals surface area (Å²) >= 11 is 1.62. The van der Waals surface area contributed by atoms with E-state index in [1.807, 2.05) is 81.4 Å². The summed E-state index contributed by atoms with van der Waals surface area (Å²) in [5.74, 6) is -1.39. The van der Waals surface area contributed by atoms with Gasteiger partial charge in [0.25, 0.3) is 0 Å². The summed E-state index contributed by atoms with van der Waals surface area (Å²) in [5.41, 5.74) is 4.17. The molecule has 3 fully saturated rings. The number of para-hydroxylation sites is 1. The molecular formula is C36H41N3O5S. The van der Waals surface area contributed by atoms with Crippen LogP contribution in [-0.4, -0.2) is 62.5 Å². The van der Waals surface area contributed by atoms with Crippen molar-refractivity contribution in [1.82, 2.24) is 4.90 Å². The normalized spacial score (nSPS) is 27.3. The first kappa shape index (κ1) is 31.2. The molecule has 3 aromatic rings. The Hall–Kier alpha value is -3.82. The topological polar surface area (TPSA) is 108 Å². The third-order valence-electron chi connectivity index (χ3n) is 9.83. The van der Waals surface area contributed by atoms with Gasteiger partial charge in [-0.3, -0.25) is 14.4 Å². The first-order valence-corrected chi connectivity index (χ1v) is 16.5. The number of aliphatic hydroxyl groups is 1. The second kappa shape index (κ2) is 12.2. The molecule has 3 N–H and O–H groups in total. The fourth-order valence-corrected chi connectivity index (χ4v) is 10.2. The van der Waals surface area contributed by atoms with E-state index < -0.39 is 33.4 Å². The van der Waals surface area contributed by atoms with Gasteiger partial charge in [0.15, 0.2) is 0 Å². The number of benzene rings is 3. The van der Waals surface area contributed by atoms with Crippen molar-refractivity contribution in [3.63, 3.8) is 0 Å². The minimum atomic E-state index is -0.857. The number of nitrogens with zero attached hydrogens (tertiary/aromatic N) is 1. The highest BCUT2D eigenvalue weighted by Gasteiger charge is 2.77. The molecule has 1 spiro atoms. The number of anilines is 2. The number of rotatable bonds is 10. The monoisotopic (exact) mass is 627 g/mol. The summed E-state index contributed by atoms with van der Waals surface area (Å²) < 4.78 is 4.22. The number of thioether (sulfide) groups is 1. The molecule has 3 aromatic carbocycles. The molecule has 3 amide bonds. The van der Waals surface area contributed by atoms with Crippen molar-refractivity contribution in [3.05, 3.63) is 89.5 Å². The molecule has 3 aliphatic heterocycles. The molecule has 3 heterocycles. The number of nitrogens with one attached hydrogen (secondary N) is 2. The SMILES string of the molecule is CCOc1ccc(NC(=O)[C@H]2[C@H]3C(=O)N([C@@H](CO)Cc4ccccc4)C(C(=O)Nc4c(C)cccc4C)C34CC[C@]2(C)S4)cc1. The zero-order chi connectivity index (χ0) is 31.9. The van der Waals surface area contributed by atoms with Gasteiger partial charge in [0.1, 0.15) is 11.8 Å². The number of hydrogen-bond donors (Lipinski definition) is 3. The highest BCUT2D eigenvalue weighted by Crippen LogP contribution is 2.71. The molecule has 6 rings (SSSR count). The molecule has 45 heavy (non-hydrogen) atoms. The van der Waals surface area contributed by atoms with Crippen LogP contribution >= 0.6 is 11.8 Å². The van der Waals surface area contributed by atoms with Gasteiger partial charge < -0.3 is 25.4 Å². The van der Waals surface area contributed by atoms with Gasteiger partial charge in [-0.25, -0.2) is 0 Å². The number of amides is 3. The molecule has 2 unspecified atom stereocenters. The number of carbonyl (C=O) groups excluding carboxylic acids is 3. The second-order valence-corrected chi connectivity index (χ2v) is 14.6. The van der Waals surface area contributed by atoms with Crippen LogP contribution in [0, 0.1) is 25.7 Å². The Morgan fingerprint density at radius 3 is 2.31 bits per heavy atom. The van der Waals surface area contributed by atoms with E-state index in [0.717, 1.165) is 22.4 Å². The minimum Gasteiger partial charge on any atom is -0.494 e. The van der Waals surface area contributed by atoms with Crippen molar-refractivity contribution < 1.29 is 24.2 Å². The van der Waals surface area contributed by atoms with Gasteiger partial charge in [-0.15, -0.1) is 11.8 Å². The summed E-state index contributed by atoms with van der Waals surface area (Å²) in [7, 11) is 0. The number of ether oxygens (including phenoxy) is 1. The number of hydrogen-bond acceptors (Lipinski definition) is 6. The summed E-state index contributed by atoms with van der Waals surface area (Å²) in [4.78, 5) is 45.0. The van der Waals surface area contributed by atoms with Crippen molar-refractivity contribution in [2.45, 2.75) is 68.5 Å². The van der Waals surface area contributed by atoms with E-state index in [-0.39, 0.29) is 24.3 Å². The van der Waals surface area contributed by atoms with E-state index in [1.165, 1.54) is 0 Å². The van der Waals surface area contributed by atoms with Gasteiger partial charge in [-0.05, 0) is 87.9 Å². The summed E-state index contributed by atoms with van der Waals surface area (Å²) in [5, 5.41) is 17.0. The van der Waals surface area contributed by atoms with Crippen LogP contribution in [0.1, 0.15) is 43.4 Å². The van der Waals surface area contributed by atoms with E-state index in [9.17, 15) is 19.5 Å². The lowest BCUT2D eigenvalue weighted by Gasteiger charge is -2.37. The molecule has 0 aliphatic carbocycles. The van der Waals surface area contributed by atoms with E-state index in [2.05, 4.69) is 17.6 Å². The fraction of sp³-hybridized carbons (Fsp3) is 0.417. The van der Waals surface area contributed by atoms with Crippen molar-refractivity contribution in [3.8, 4) is 5.75 Å². The summed E-state index contributed by atoms with van der Waals surface area (Å²) in [6.45, 7) is 8.11.